The fourth-order valence-corrected chi connectivity index (χ4v) is 2.02. The Hall–Kier alpha value is -2.14. The number of amides is 1. The smallest absolute Gasteiger partial charge is 0.234 e. The summed E-state index contributed by atoms with van der Waals surface area (Å²) in [6, 6.07) is 9.31. The molecule has 5 heteroatoms. The van der Waals surface area contributed by atoms with Crippen LogP contribution in [0.4, 0.5) is 0 Å². The molecule has 0 aliphatic rings. The van der Waals surface area contributed by atoms with Crippen LogP contribution in [0.15, 0.2) is 36.5 Å². The molecule has 0 bridgehead atoms. The first-order chi connectivity index (χ1) is 9.70. The number of ether oxygens (including phenoxy) is 1. The van der Waals surface area contributed by atoms with Crippen LogP contribution in [0, 0.1) is 0 Å². The van der Waals surface area contributed by atoms with Crippen molar-refractivity contribution in [2.45, 2.75) is 19.4 Å². The second-order valence-electron chi connectivity index (χ2n) is 4.51. The van der Waals surface area contributed by atoms with Crippen LogP contribution in [-0.4, -0.2) is 30.1 Å². The predicted molar refractivity (Wildman–Crippen MR) is 78.5 cm³/mol. The highest BCUT2D eigenvalue weighted by Gasteiger charge is 2.13. The SMILES string of the molecule is CCNC(CCOc1ccc2cccnc2c1)C(N)=O. The molecule has 1 amide bonds. The van der Waals surface area contributed by atoms with Crippen molar-refractivity contribution in [3.8, 4) is 5.75 Å². The normalized spacial score (nSPS) is 12.2. The van der Waals surface area contributed by atoms with Crippen molar-refractivity contribution in [2.24, 2.45) is 5.73 Å². The van der Waals surface area contributed by atoms with Gasteiger partial charge >= 0.3 is 0 Å². The van der Waals surface area contributed by atoms with Crippen molar-refractivity contribution in [1.29, 1.82) is 0 Å². The molecule has 5 nitrogen and oxygen atoms in total. The van der Waals surface area contributed by atoms with Gasteiger partial charge in [-0.25, -0.2) is 0 Å². The summed E-state index contributed by atoms with van der Waals surface area (Å²) in [6.45, 7) is 3.07. The highest BCUT2D eigenvalue weighted by molar-refractivity contribution is 5.80. The molecule has 1 heterocycles. The highest BCUT2D eigenvalue weighted by atomic mass is 16.5. The van der Waals surface area contributed by atoms with Crippen molar-refractivity contribution in [3.05, 3.63) is 36.5 Å². The molecule has 0 spiro atoms. The summed E-state index contributed by atoms with van der Waals surface area (Å²) >= 11 is 0. The lowest BCUT2D eigenvalue weighted by atomic mass is 10.2. The van der Waals surface area contributed by atoms with Crippen LogP contribution in [0.2, 0.25) is 0 Å². The van der Waals surface area contributed by atoms with Gasteiger partial charge in [-0.05, 0) is 24.7 Å². The standard InChI is InChI=1S/C15H19N3O2/c1-2-17-13(15(16)19)7-9-20-12-6-5-11-4-3-8-18-14(11)10-12/h3-6,8,10,13,17H,2,7,9H2,1H3,(H2,16,19). The Labute approximate surface area is 118 Å². The predicted octanol–water partition coefficient (Wildman–Crippen LogP) is 1.47. The number of nitrogens with one attached hydrogen (secondary N) is 1. The van der Waals surface area contributed by atoms with Gasteiger partial charge < -0.3 is 15.8 Å². The molecule has 1 aromatic carbocycles. The second-order valence-corrected chi connectivity index (χ2v) is 4.51. The quantitative estimate of drug-likeness (QED) is 0.800. The zero-order chi connectivity index (χ0) is 14.4. The lowest BCUT2D eigenvalue weighted by Gasteiger charge is -2.14. The van der Waals surface area contributed by atoms with Gasteiger partial charge in [0.2, 0.25) is 5.91 Å². The number of likely N-dealkylation sites (N-methyl/N-ethyl adjacent to an activating group) is 1. The first kappa shape index (κ1) is 14.3. The third-order valence-electron chi connectivity index (χ3n) is 3.05. The van der Waals surface area contributed by atoms with Crippen molar-refractivity contribution in [2.75, 3.05) is 13.2 Å². The molecule has 0 saturated carbocycles. The van der Waals surface area contributed by atoms with Crippen LogP contribution >= 0.6 is 0 Å². The fourth-order valence-electron chi connectivity index (χ4n) is 2.02. The molecule has 106 valence electrons. The summed E-state index contributed by atoms with van der Waals surface area (Å²) in [5.74, 6) is 0.395. The van der Waals surface area contributed by atoms with E-state index in [1.54, 1.807) is 6.20 Å². The van der Waals surface area contributed by atoms with E-state index < -0.39 is 0 Å². The van der Waals surface area contributed by atoms with Crippen LogP contribution < -0.4 is 15.8 Å². The van der Waals surface area contributed by atoms with Crippen LogP contribution in [-0.2, 0) is 4.79 Å². The van der Waals surface area contributed by atoms with Crippen molar-refractivity contribution < 1.29 is 9.53 Å². The summed E-state index contributed by atoms with van der Waals surface area (Å²) < 4.78 is 5.65. The van der Waals surface area contributed by atoms with E-state index >= 15 is 0 Å². The van der Waals surface area contributed by atoms with E-state index in [2.05, 4.69) is 10.3 Å². The Morgan fingerprint density at radius 3 is 3.05 bits per heavy atom. The minimum Gasteiger partial charge on any atom is -0.493 e. The molecular formula is C15H19N3O2. The number of aromatic nitrogens is 1. The van der Waals surface area contributed by atoms with Gasteiger partial charge in [0.25, 0.3) is 0 Å². The molecule has 1 aromatic heterocycles. The lowest BCUT2D eigenvalue weighted by Crippen LogP contribution is -2.42. The Bertz CT molecular complexity index is 586. The summed E-state index contributed by atoms with van der Waals surface area (Å²) in [5.41, 5.74) is 6.20. The first-order valence-corrected chi connectivity index (χ1v) is 6.71. The molecule has 0 saturated heterocycles. The Kier molecular flexibility index (Phi) is 4.90. The van der Waals surface area contributed by atoms with Crippen molar-refractivity contribution in [3.63, 3.8) is 0 Å². The van der Waals surface area contributed by atoms with Gasteiger partial charge in [0.1, 0.15) is 5.75 Å². The van der Waals surface area contributed by atoms with Crippen molar-refractivity contribution >= 4 is 16.8 Å². The van der Waals surface area contributed by atoms with Gasteiger partial charge in [-0.1, -0.05) is 13.0 Å². The molecule has 3 N–H and O–H groups in total. The fraction of sp³-hybridized carbons (Fsp3) is 0.333. The lowest BCUT2D eigenvalue weighted by molar-refractivity contribution is -0.120. The topological polar surface area (TPSA) is 77.2 Å². The third-order valence-corrected chi connectivity index (χ3v) is 3.05. The Morgan fingerprint density at radius 2 is 2.30 bits per heavy atom. The molecule has 20 heavy (non-hydrogen) atoms. The average molecular weight is 273 g/mol. The molecular weight excluding hydrogens is 254 g/mol. The van der Waals surface area contributed by atoms with E-state index in [9.17, 15) is 4.79 Å². The number of hydrogen-bond donors (Lipinski definition) is 2. The van der Waals surface area contributed by atoms with E-state index in [-0.39, 0.29) is 11.9 Å². The van der Waals surface area contributed by atoms with Crippen molar-refractivity contribution in [1.82, 2.24) is 10.3 Å². The number of nitrogens with two attached hydrogens (primary N) is 1. The maximum absolute atomic E-state index is 11.2. The molecule has 1 atom stereocenters. The third kappa shape index (κ3) is 3.68. The monoisotopic (exact) mass is 273 g/mol. The zero-order valence-electron chi connectivity index (χ0n) is 11.5. The van der Waals surface area contributed by atoms with Crippen LogP contribution in [0.1, 0.15) is 13.3 Å². The minimum absolute atomic E-state index is 0.349. The number of rotatable bonds is 7. The van der Waals surface area contributed by atoms with E-state index in [0.29, 0.717) is 19.6 Å². The largest absolute Gasteiger partial charge is 0.493 e. The van der Waals surface area contributed by atoms with Gasteiger partial charge in [-0.3, -0.25) is 9.78 Å². The molecule has 0 radical (unpaired) electrons. The molecule has 2 aromatic rings. The summed E-state index contributed by atoms with van der Waals surface area (Å²) in [6.07, 6.45) is 2.30. The van der Waals surface area contributed by atoms with E-state index in [0.717, 1.165) is 16.7 Å². The average Bonchev–Trinajstić information content (AvgIpc) is 2.46. The van der Waals surface area contributed by atoms with Crippen LogP contribution in [0.5, 0.6) is 5.75 Å². The maximum atomic E-state index is 11.2. The number of carbonyl (C=O) groups is 1. The number of benzene rings is 1. The molecule has 1 unspecified atom stereocenters. The zero-order valence-corrected chi connectivity index (χ0v) is 11.5. The van der Waals surface area contributed by atoms with Crippen LogP contribution in [0.3, 0.4) is 0 Å². The molecule has 0 fully saturated rings. The number of fused-ring (bicyclic) bond motifs is 1. The number of pyridine rings is 1. The number of hydrogen-bond acceptors (Lipinski definition) is 4. The number of primary amides is 1. The van der Waals surface area contributed by atoms with Gasteiger partial charge in [-0.15, -0.1) is 0 Å². The van der Waals surface area contributed by atoms with Gasteiger partial charge in [0.15, 0.2) is 0 Å². The summed E-state index contributed by atoms with van der Waals surface area (Å²) in [7, 11) is 0. The summed E-state index contributed by atoms with van der Waals surface area (Å²) in [4.78, 5) is 15.5. The summed E-state index contributed by atoms with van der Waals surface area (Å²) in [5, 5.41) is 4.10. The first-order valence-electron chi connectivity index (χ1n) is 6.71. The Morgan fingerprint density at radius 1 is 1.45 bits per heavy atom. The molecule has 0 aliphatic heterocycles. The second kappa shape index (κ2) is 6.86. The Balaban J connectivity index is 1.93. The van der Waals surface area contributed by atoms with E-state index in [1.807, 2.05) is 37.3 Å². The van der Waals surface area contributed by atoms with E-state index in [4.69, 9.17) is 10.5 Å². The van der Waals surface area contributed by atoms with E-state index in [1.165, 1.54) is 0 Å². The van der Waals surface area contributed by atoms with Gasteiger partial charge in [0, 0.05) is 24.1 Å². The maximum Gasteiger partial charge on any atom is 0.234 e. The minimum atomic E-state index is -0.351. The molecule has 0 aliphatic carbocycles. The van der Waals surface area contributed by atoms with Crippen LogP contribution in [0.25, 0.3) is 10.9 Å². The highest BCUT2D eigenvalue weighted by Crippen LogP contribution is 2.18. The van der Waals surface area contributed by atoms with Gasteiger partial charge in [-0.2, -0.15) is 0 Å². The number of carbonyl (C=O) groups excluding carboxylic acids is 1. The molecule has 2 rings (SSSR count). The number of nitrogens with zero attached hydrogens (tertiary/aromatic N) is 1. The van der Waals surface area contributed by atoms with Gasteiger partial charge in [0.05, 0.1) is 18.2 Å².